The number of hydrogen-bond acceptors (Lipinski definition) is 8. The molecule has 190 valence electrons. The van der Waals surface area contributed by atoms with E-state index in [9.17, 15) is 10.2 Å². The minimum absolute atomic E-state index is 0.106. The largest absolute Gasteiger partial charge is 0.494 e. The zero-order chi connectivity index (χ0) is 25.1. The topological polar surface area (TPSA) is 140 Å². The smallest absolute Gasteiger partial charge is 0.119 e. The fourth-order valence-corrected chi connectivity index (χ4v) is 3.79. The summed E-state index contributed by atoms with van der Waals surface area (Å²) in [5.74, 6) is 0.597. The van der Waals surface area contributed by atoms with Gasteiger partial charge in [-0.1, -0.05) is 35.9 Å². The van der Waals surface area contributed by atoms with Crippen LogP contribution >= 0.6 is 11.6 Å². The SMILES string of the molecule is CCOc1ccc(Cc2ccc(C(CO)CC(O)CO)cc2Cl)cc1.OC1COCC(O)C1O. The Morgan fingerprint density at radius 3 is 2.15 bits per heavy atom. The predicted octanol–water partition coefficient (Wildman–Crippen LogP) is 1.25. The van der Waals surface area contributed by atoms with Crippen LogP contribution in [0.5, 0.6) is 5.75 Å². The first-order valence-corrected chi connectivity index (χ1v) is 11.7. The number of halogens is 1. The molecule has 1 aliphatic rings. The van der Waals surface area contributed by atoms with Crippen LogP contribution < -0.4 is 4.74 Å². The molecule has 4 atom stereocenters. The van der Waals surface area contributed by atoms with E-state index in [-0.39, 0.29) is 32.3 Å². The summed E-state index contributed by atoms with van der Waals surface area (Å²) in [7, 11) is 0. The molecule has 6 N–H and O–H groups in total. The fourth-order valence-electron chi connectivity index (χ4n) is 3.53. The molecule has 1 heterocycles. The van der Waals surface area contributed by atoms with Crippen LogP contribution in [0.3, 0.4) is 0 Å². The Labute approximate surface area is 205 Å². The van der Waals surface area contributed by atoms with Crippen molar-refractivity contribution >= 4 is 11.6 Å². The average Bonchev–Trinajstić information content (AvgIpc) is 2.84. The van der Waals surface area contributed by atoms with Crippen LogP contribution in [0.15, 0.2) is 42.5 Å². The molecule has 0 amide bonds. The summed E-state index contributed by atoms with van der Waals surface area (Å²) in [6, 6.07) is 13.6. The fraction of sp³-hybridized carbons (Fsp3) is 0.520. The van der Waals surface area contributed by atoms with Gasteiger partial charge >= 0.3 is 0 Å². The van der Waals surface area contributed by atoms with E-state index in [1.165, 1.54) is 0 Å². The molecule has 0 spiro atoms. The molecular formula is C25H35ClO8. The van der Waals surface area contributed by atoms with Crippen molar-refractivity contribution in [1.29, 1.82) is 0 Å². The first-order chi connectivity index (χ1) is 16.3. The molecule has 1 saturated heterocycles. The van der Waals surface area contributed by atoms with E-state index in [2.05, 4.69) is 0 Å². The summed E-state index contributed by atoms with van der Waals surface area (Å²) in [6.45, 7) is 2.39. The maximum absolute atomic E-state index is 9.60. The molecule has 1 fully saturated rings. The van der Waals surface area contributed by atoms with Gasteiger partial charge in [-0.05, 0) is 54.7 Å². The number of aliphatic hydroxyl groups excluding tert-OH is 6. The minimum Gasteiger partial charge on any atom is -0.494 e. The van der Waals surface area contributed by atoms with Crippen LogP contribution in [0.1, 0.15) is 36.0 Å². The van der Waals surface area contributed by atoms with Gasteiger partial charge in [0.1, 0.15) is 24.1 Å². The van der Waals surface area contributed by atoms with E-state index in [4.69, 9.17) is 41.5 Å². The van der Waals surface area contributed by atoms with Gasteiger partial charge < -0.3 is 40.1 Å². The Bertz CT molecular complexity index is 837. The van der Waals surface area contributed by atoms with Crippen molar-refractivity contribution in [2.75, 3.05) is 33.0 Å². The third kappa shape index (κ3) is 8.79. The molecule has 4 unspecified atom stereocenters. The van der Waals surface area contributed by atoms with Gasteiger partial charge in [0.05, 0.1) is 39.1 Å². The summed E-state index contributed by atoms with van der Waals surface area (Å²) < 4.78 is 10.1. The lowest BCUT2D eigenvalue weighted by Gasteiger charge is -2.27. The van der Waals surface area contributed by atoms with Crippen molar-refractivity contribution in [3.05, 3.63) is 64.2 Å². The lowest BCUT2D eigenvalue weighted by atomic mass is 9.92. The van der Waals surface area contributed by atoms with Crippen molar-refractivity contribution in [1.82, 2.24) is 0 Å². The Morgan fingerprint density at radius 1 is 1.00 bits per heavy atom. The molecule has 0 saturated carbocycles. The number of aliphatic hydroxyl groups is 6. The van der Waals surface area contributed by atoms with Gasteiger partial charge in [-0.25, -0.2) is 0 Å². The zero-order valence-electron chi connectivity index (χ0n) is 19.3. The molecule has 0 aliphatic carbocycles. The van der Waals surface area contributed by atoms with Crippen LogP contribution in [-0.2, 0) is 11.2 Å². The lowest BCUT2D eigenvalue weighted by molar-refractivity contribution is -0.150. The van der Waals surface area contributed by atoms with E-state index < -0.39 is 24.4 Å². The van der Waals surface area contributed by atoms with Gasteiger partial charge in [0.25, 0.3) is 0 Å². The summed E-state index contributed by atoms with van der Waals surface area (Å²) in [5, 5.41) is 55.2. The molecule has 0 aromatic heterocycles. The van der Waals surface area contributed by atoms with Gasteiger partial charge in [-0.3, -0.25) is 0 Å². The Kier molecular flexibility index (Phi) is 12.2. The van der Waals surface area contributed by atoms with Crippen molar-refractivity contribution in [2.45, 2.75) is 50.1 Å². The highest BCUT2D eigenvalue weighted by molar-refractivity contribution is 6.31. The van der Waals surface area contributed by atoms with Crippen molar-refractivity contribution in [2.24, 2.45) is 0 Å². The Hall–Kier alpha value is -1.75. The average molecular weight is 499 g/mol. The Balaban J connectivity index is 0.000000379. The molecule has 1 aliphatic heterocycles. The second-order valence-corrected chi connectivity index (χ2v) is 8.63. The number of benzene rings is 2. The molecule has 8 nitrogen and oxygen atoms in total. The molecular weight excluding hydrogens is 464 g/mol. The molecule has 3 rings (SSSR count). The first-order valence-electron chi connectivity index (χ1n) is 11.3. The lowest BCUT2D eigenvalue weighted by Crippen LogP contribution is -2.47. The standard InChI is InChI=1S/C20H25ClO4.C5H10O4/c1-2-25-19-7-3-14(4-8-19)9-16-6-5-15(11-20(16)21)17(12-22)10-18(24)13-23;6-3-1-9-2-4(7)5(3)8/h3-8,11,17-18,22-24H,2,9-10,12-13H2,1H3;3-8H,1-2H2. The maximum atomic E-state index is 9.60. The second kappa shape index (κ2) is 14.6. The van der Waals surface area contributed by atoms with E-state index in [0.717, 1.165) is 22.4 Å². The molecule has 2 aromatic rings. The molecule has 9 heteroatoms. The number of rotatable bonds is 9. The third-order valence-corrected chi connectivity index (χ3v) is 5.88. The third-order valence-electron chi connectivity index (χ3n) is 5.53. The minimum atomic E-state index is -1.04. The highest BCUT2D eigenvalue weighted by Crippen LogP contribution is 2.28. The molecule has 2 aromatic carbocycles. The van der Waals surface area contributed by atoms with Crippen molar-refractivity contribution in [3.8, 4) is 5.75 Å². The quantitative estimate of drug-likeness (QED) is 0.303. The maximum Gasteiger partial charge on any atom is 0.119 e. The summed E-state index contributed by atoms with van der Waals surface area (Å²) in [5.41, 5.74) is 2.98. The van der Waals surface area contributed by atoms with Crippen LogP contribution in [0.25, 0.3) is 0 Å². The second-order valence-electron chi connectivity index (χ2n) is 8.22. The van der Waals surface area contributed by atoms with E-state index in [1.807, 2.05) is 49.4 Å². The Morgan fingerprint density at radius 2 is 1.65 bits per heavy atom. The highest BCUT2D eigenvalue weighted by atomic mass is 35.5. The van der Waals surface area contributed by atoms with Crippen LogP contribution in [0.4, 0.5) is 0 Å². The van der Waals surface area contributed by atoms with Gasteiger partial charge in [0.15, 0.2) is 0 Å². The predicted molar refractivity (Wildman–Crippen MR) is 128 cm³/mol. The van der Waals surface area contributed by atoms with Crippen molar-refractivity contribution < 1.29 is 40.1 Å². The number of hydrogen-bond donors (Lipinski definition) is 6. The van der Waals surface area contributed by atoms with E-state index in [0.29, 0.717) is 24.5 Å². The van der Waals surface area contributed by atoms with Gasteiger partial charge in [0, 0.05) is 10.9 Å². The summed E-state index contributed by atoms with van der Waals surface area (Å²) in [6.07, 6.45) is -2.77. The zero-order valence-corrected chi connectivity index (χ0v) is 20.0. The van der Waals surface area contributed by atoms with Gasteiger partial charge in [-0.15, -0.1) is 0 Å². The van der Waals surface area contributed by atoms with E-state index >= 15 is 0 Å². The molecule has 0 bridgehead atoms. The van der Waals surface area contributed by atoms with Crippen molar-refractivity contribution in [3.63, 3.8) is 0 Å². The first kappa shape index (κ1) is 28.5. The monoisotopic (exact) mass is 498 g/mol. The normalized spacial score (nSPS) is 21.8. The van der Waals surface area contributed by atoms with Crippen LogP contribution in [0, 0.1) is 0 Å². The molecule has 34 heavy (non-hydrogen) atoms. The van der Waals surface area contributed by atoms with Gasteiger partial charge in [-0.2, -0.15) is 0 Å². The summed E-state index contributed by atoms with van der Waals surface area (Å²) in [4.78, 5) is 0. The van der Waals surface area contributed by atoms with Gasteiger partial charge in [0.2, 0.25) is 0 Å². The molecule has 0 radical (unpaired) electrons. The van der Waals surface area contributed by atoms with Crippen LogP contribution in [-0.4, -0.2) is 88.1 Å². The highest BCUT2D eigenvalue weighted by Gasteiger charge is 2.29. The van der Waals surface area contributed by atoms with Crippen LogP contribution in [0.2, 0.25) is 5.02 Å². The number of ether oxygens (including phenoxy) is 2. The van der Waals surface area contributed by atoms with E-state index in [1.54, 1.807) is 0 Å². The summed E-state index contributed by atoms with van der Waals surface area (Å²) >= 11 is 6.41.